The molecule has 2 saturated heterocycles. The summed E-state index contributed by atoms with van der Waals surface area (Å²) in [6.45, 7) is 0. The fourth-order valence-electron chi connectivity index (χ4n) is 8.95. The molecule has 38 heavy (non-hydrogen) atoms. The molecule has 8 rings (SSSR count). The van der Waals surface area contributed by atoms with Crippen LogP contribution in [0.1, 0.15) is 76.0 Å². The van der Waals surface area contributed by atoms with Gasteiger partial charge in [0, 0.05) is 45.7 Å². The van der Waals surface area contributed by atoms with E-state index in [0.29, 0.717) is 5.92 Å². The lowest BCUT2D eigenvalue weighted by molar-refractivity contribution is 0.0601. The molecule has 196 valence electrons. The van der Waals surface area contributed by atoms with Gasteiger partial charge in [-0.3, -0.25) is 4.90 Å². The molecule has 0 radical (unpaired) electrons. The maximum atomic E-state index is 5.21. The molecule has 3 heterocycles. The molecule has 3 saturated carbocycles. The summed E-state index contributed by atoms with van der Waals surface area (Å²) in [6, 6.07) is 23.5. The first-order valence-electron chi connectivity index (χ1n) is 15.1. The Bertz CT molecular complexity index is 1220. The number of rotatable bonds is 3. The van der Waals surface area contributed by atoms with Gasteiger partial charge >= 0.3 is 0 Å². The van der Waals surface area contributed by atoms with Gasteiger partial charge in [0.1, 0.15) is 5.82 Å². The Morgan fingerprint density at radius 3 is 1.95 bits per heavy atom. The normalized spacial score (nSPS) is 36.2. The van der Waals surface area contributed by atoms with Crippen molar-refractivity contribution >= 4 is 11.8 Å². The lowest BCUT2D eigenvalue weighted by Crippen LogP contribution is -2.60. The maximum Gasteiger partial charge on any atom is 0.163 e. The van der Waals surface area contributed by atoms with Gasteiger partial charge in [0.25, 0.3) is 0 Å². The first-order valence-corrected chi connectivity index (χ1v) is 16.1. The number of benzene rings is 2. The Kier molecular flexibility index (Phi) is 6.06. The molecular weight excluding hydrogens is 484 g/mol. The summed E-state index contributed by atoms with van der Waals surface area (Å²) in [7, 11) is 0. The molecule has 2 aliphatic heterocycles. The van der Waals surface area contributed by atoms with E-state index in [9.17, 15) is 0 Å². The molecule has 5 fully saturated rings. The van der Waals surface area contributed by atoms with E-state index in [4.69, 9.17) is 15.0 Å². The molecule has 5 heteroatoms. The highest BCUT2D eigenvalue weighted by atomic mass is 32.2. The zero-order valence-corrected chi connectivity index (χ0v) is 23.0. The van der Waals surface area contributed by atoms with Gasteiger partial charge in [-0.15, -0.1) is 0 Å². The van der Waals surface area contributed by atoms with Crippen molar-refractivity contribution in [2.45, 2.75) is 98.8 Å². The zero-order chi connectivity index (χ0) is 25.1. The minimum absolute atomic E-state index is 0.421. The molecule has 8 unspecified atom stereocenters. The van der Waals surface area contributed by atoms with Crippen LogP contribution in [0.3, 0.4) is 0 Å². The Labute approximate surface area is 231 Å². The van der Waals surface area contributed by atoms with Crippen molar-refractivity contribution < 1.29 is 0 Å². The minimum atomic E-state index is 0.421. The standard InChI is InChI=1S/C33H38N4S/c1-3-11-21(12-4-1)31-34-32(22-13-5-2-6-14-22)36-33(35-31)23-19-25-24-15-7-8-16-26(24)37-27-17-9-10-18-28(27)38-29(20-23)30(25)37/h1-6,11-14,23-30H,7-10,15-20H2. The summed E-state index contributed by atoms with van der Waals surface area (Å²) >= 11 is 2.38. The molecule has 5 aliphatic rings. The van der Waals surface area contributed by atoms with Crippen LogP contribution in [0.25, 0.3) is 22.8 Å². The highest BCUT2D eigenvalue weighted by molar-refractivity contribution is 8.00. The quantitative estimate of drug-likeness (QED) is 0.359. The van der Waals surface area contributed by atoms with Crippen LogP contribution in [0.15, 0.2) is 60.7 Å². The summed E-state index contributed by atoms with van der Waals surface area (Å²) in [6.07, 6.45) is 13.9. The molecule has 0 amide bonds. The predicted octanol–water partition coefficient (Wildman–Crippen LogP) is 7.37. The third-order valence-corrected chi connectivity index (χ3v) is 12.2. The van der Waals surface area contributed by atoms with Gasteiger partial charge in [-0.05, 0) is 50.4 Å². The third-order valence-electron chi connectivity index (χ3n) is 10.4. The van der Waals surface area contributed by atoms with Crippen molar-refractivity contribution in [1.29, 1.82) is 0 Å². The van der Waals surface area contributed by atoms with E-state index in [-0.39, 0.29) is 0 Å². The van der Waals surface area contributed by atoms with Gasteiger partial charge in [-0.1, -0.05) is 86.3 Å². The van der Waals surface area contributed by atoms with E-state index in [2.05, 4.69) is 77.3 Å². The van der Waals surface area contributed by atoms with Gasteiger partial charge in [-0.2, -0.15) is 11.8 Å². The fourth-order valence-corrected chi connectivity index (χ4v) is 11.0. The first-order chi connectivity index (χ1) is 18.8. The number of hydrogen-bond donors (Lipinski definition) is 0. The van der Waals surface area contributed by atoms with Crippen molar-refractivity contribution in [3.8, 4) is 22.8 Å². The van der Waals surface area contributed by atoms with Gasteiger partial charge < -0.3 is 0 Å². The van der Waals surface area contributed by atoms with Crippen molar-refractivity contribution in [3.63, 3.8) is 0 Å². The van der Waals surface area contributed by atoms with Crippen molar-refractivity contribution in [3.05, 3.63) is 66.5 Å². The SMILES string of the molecule is c1ccc(-c2nc(-c3ccccc3)nc(C3CC4SC5CCCCC5N5C6CCCCC6C(C3)C45)n2)cc1. The van der Waals surface area contributed by atoms with E-state index in [1.807, 2.05) is 0 Å². The summed E-state index contributed by atoms with van der Waals surface area (Å²) in [4.78, 5) is 18.6. The second-order valence-electron chi connectivity index (χ2n) is 12.4. The topological polar surface area (TPSA) is 41.9 Å². The number of nitrogens with zero attached hydrogens (tertiary/aromatic N) is 4. The second-order valence-corrected chi connectivity index (χ2v) is 13.9. The lowest BCUT2D eigenvalue weighted by Gasteiger charge is -2.54. The van der Waals surface area contributed by atoms with E-state index in [0.717, 1.165) is 69.1 Å². The van der Waals surface area contributed by atoms with Gasteiger partial charge in [-0.25, -0.2) is 15.0 Å². The van der Waals surface area contributed by atoms with Crippen LogP contribution in [0, 0.1) is 11.8 Å². The Morgan fingerprint density at radius 1 is 0.605 bits per heavy atom. The zero-order valence-electron chi connectivity index (χ0n) is 22.2. The summed E-state index contributed by atoms with van der Waals surface area (Å²) in [5.41, 5.74) is 2.16. The van der Waals surface area contributed by atoms with Crippen LogP contribution in [-0.4, -0.2) is 48.5 Å². The number of aromatic nitrogens is 3. The van der Waals surface area contributed by atoms with Crippen LogP contribution in [0.4, 0.5) is 0 Å². The highest BCUT2D eigenvalue weighted by Gasteiger charge is 2.60. The molecule has 0 N–H and O–H groups in total. The molecule has 8 atom stereocenters. The number of hydrogen-bond acceptors (Lipinski definition) is 5. The predicted molar refractivity (Wildman–Crippen MR) is 155 cm³/mol. The second kappa shape index (κ2) is 9.75. The van der Waals surface area contributed by atoms with Crippen molar-refractivity contribution in [2.24, 2.45) is 11.8 Å². The lowest BCUT2D eigenvalue weighted by atomic mass is 9.70. The monoisotopic (exact) mass is 522 g/mol. The van der Waals surface area contributed by atoms with Crippen LogP contribution >= 0.6 is 11.8 Å². The fraction of sp³-hybridized carbons (Fsp3) is 0.545. The molecule has 4 nitrogen and oxygen atoms in total. The van der Waals surface area contributed by atoms with Crippen molar-refractivity contribution in [1.82, 2.24) is 19.9 Å². The first kappa shape index (κ1) is 23.6. The van der Waals surface area contributed by atoms with E-state index in [1.165, 1.54) is 64.2 Å². The number of fused-ring (bicyclic) bond motifs is 5. The molecule has 3 aliphatic carbocycles. The summed E-state index contributed by atoms with van der Waals surface area (Å²) in [5, 5.41) is 1.56. The average molecular weight is 523 g/mol. The van der Waals surface area contributed by atoms with Crippen LogP contribution in [-0.2, 0) is 0 Å². The van der Waals surface area contributed by atoms with E-state index < -0.39 is 0 Å². The largest absolute Gasteiger partial charge is 0.292 e. The maximum absolute atomic E-state index is 5.21. The van der Waals surface area contributed by atoms with E-state index >= 15 is 0 Å². The molecule has 3 aromatic rings. The summed E-state index contributed by atoms with van der Waals surface area (Å²) in [5.74, 6) is 4.78. The molecular formula is C33H38N4S. The average Bonchev–Trinajstić information content (AvgIpc) is 3.33. The van der Waals surface area contributed by atoms with Gasteiger partial charge in [0.2, 0.25) is 0 Å². The Morgan fingerprint density at radius 2 is 1.24 bits per heavy atom. The van der Waals surface area contributed by atoms with Crippen LogP contribution in [0.5, 0.6) is 0 Å². The summed E-state index contributed by atoms with van der Waals surface area (Å²) < 4.78 is 0. The van der Waals surface area contributed by atoms with Gasteiger partial charge in [0.15, 0.2) is 11.6 Å². The molecule has 0 bridgehead atoms. The molecule has 1 aromatic heterocycles. The number of thioether (sulfide) groups is 1. The van der Waals surface area contributed by atoms with Crippen LogP contribution < -0.4 is 0 Å². The van der Waals surface area contributed by atoms with E-state index in [1.54, 1.807) is 0 Å². The molecule has 2 aromatic carbocycles. The molecule has 0 spiro atoms. The van der Waals surface area contributed by atoms with Crippen LogP contribution in [0.2, 0.25) is 0 Å². The third kappa shape index (κ3) is 3.95. The van der Waals surface area contributed by atoms with Gasteiger partial charge in [0.05, 0.1) is 0 Å². The minimum Gasteiger partial charge on any atom is -0.292 e. The Balaban J connectivity index is 1.19. The highest BCUT2D eigenvalue weighted by Crippen LogP contribution is 2.59. The van der Waals surface area contributed by atoms with Crippen molar-refractivity contribution in [2.75, 3.05) is 0 Å². The smallest absolute Gasteiger partial charge is 0.163 e. The Hall–Kier alpha value is -2.24.